The molecule has 1 aromatic heterocycles. The van der Waals surface area contributed by atoms with Crippen LogP contribution in [0.1, 0.15) is 5.56 Å². The molecule has 4 rings (SSSR count). The van der Waals surface area contributed by atoms with Crippen molar-refractivity contribution in [3.05, 3.63) is 90.4 Å². The molecule has 124 valence electrons. The highest BCUT2D eigenvalue weighted by Gasteiger charge is 2.07. The van der Waals surface area contributed by atoms with Crippen LogP contribution < -0.4 is 4.74 Å². The summed E-state index contributed by atoms with van der Waals surface area (Å²) in [7, 11) is 0. The first-order valence-electron chi connectivity index (χ1n) is 7.98. The molecule has 0 saturated heterocycles. The summed E-state index contributed by atoms with van der Waals surface area (Å²) >= 11 is 0. The molecule has 3 nitrogen and oxygen atoms in total. The van der Waals surface area contributed by atoms with Crippen molar-refractivity contribution in [2.75, 3.05) is 0 Å². The molecule has 1 heterocycles. The number of aromatic hydroxyl groups is 1. The highest BCUT2D eigenvalue weighted by atomic mass is 19.1. The van der Waals surface area contributed by atoms with Crippen LogP contribution in [0.15, 0.2) is 79.0 Å². The normalized spacial score (nSPS) is 10.9. The molecule has 0 bridgehead atoms. The van der Waals surface area contributed by atoms with Crippen molar-refractivity contribution < 1.29 is 14.2 Å². The molecule has 0 saturated carbocycles. The Kier molecular flexibility index (Phi) is 3.86. The van der Waals surface area contributed by atoms with E-state index in [-0.39, 0.29) is 18.2 Å². The second-order valence-electron chi connectivity index (χ2n) is 5.77. The highest BCUT2D eigenvalue weighted by molar-refractivity contribution is 5.87. The van der Waals surface area contributed by atoms with Crippen molar-refractivity contribution in [1.29, 1.82) is 0 Å². The van der Waals surface area contributed by atoms with E-state index in [9.17, 15) is 9.50 Å². The smallest absolute Gasteiger partial charge is 0.129 e. The van der Waals surface area contributed by atoms with Crippen molar-refractivity contribution >= 4 is 10.9 Å². The molecule has 4 aromatic rings. The van der Waals surface area contributed by atoms with Gasteiger partial charge in [0.15, 0.2) is 0 Å². The molecule has 0 aliphatic carbocycles. The minimum absolute atomic E-state index is 0.187. The largest absolute Gasteiger partial charge is 0.507 e. The second-order valence-corrected chi connectivity index (χ2v) is 5.77. The molecule has 0 atom stereocenters. The number of nitrogens with zero attached hydrogens (tertiary/aromatic N) is 1. The van der Waals surface area contributed by atoms with Gasteiger partial charge in [0, 0.05) is 22.8 Å². The molecule has 3 aromatic carbocycles. The van der Waals surface area contributed by atoms with E-state index in [1.807, 2.05) is 53.2 Å². The quantitative estimate of drug-likeness (QED) is 0.567. The van der Waals surface area contributed by atoms with E-state index in [0.717, 1.165) is 16.6 Å². The number of hydrogen-bond donors (Lipinski definition) is 1. The number of hydrogen-bond acceptors (Lipinski definition) is 2. The van der Waals surface area contributed by atoms with Gasteiger partial charge in [0.05, 0.1) is 5.52 Å². The summed E-state index contributed by atoms with van der Waals surface area (Å²) in [6.45, 7) is 0.187. The van der Waals surface area contributed by atoms with E-state index in [2.05, 4.69) is 0 Å². The van der Waals surface area contributed by atoms with E-state index in [1.54, 1.807) is 24.3 Å². The van der Waals surface area contributed by atoms with Gasteiger partial charge in [-0.25, -0.2) is 4.39 Å². The van der Waals surface area contributed by atoms with Crippen molar-refractivity contribution in [1.82, 2.24) is 4.57 Å². The molecule has 0 aliphatic rings. The van der Waals surface area contributed by atoms with E-state index in [1.165, 1.54) is 6.07 Å². The Morgan fingerprint density at radius 2 is 1.68 bits per heavy atom. The van der Waals surface area contributed by atoms with Gasteiger partial charge in [-0.15, -0.1) is 0 Å². The predicted molar refractivity (Wildman–Crippen MR) is 95.7 cm³/mol. The average Bonchev–Trinajstić information content (AvgIpc) is 3.07. The summed E-state index contributed by atoms with van der Waals surface area (Å²) in [5.74, 6) is 0.671. The molecule has 4 heteroatoms. The van der Waals surface area contributed by atoms with Crippen molar-refractivity contribution in [3.8, 4) is 17.2 Å². The van der Waals surface area contributed by atoms with Gasteiger partial charge in [-0.05, 0) is 48.5 Å². The van der Waals surface area contributed by atoms with E-state index < -0.39 is 0 Å². The number of phenolic OH excluding ortho intramolecular Hbond substituents is 1. The zero-order valence-corrected chi connectivity index (χ0v) is 13.4. The lowest BCUT2D eigenvalue weighted by Crippen LogP contribution is -1.98. The summed E-state index contributed by atoms with van der Waals surface area (Å²) in [5, 5.41) is 10.7. The number of halogens is 1. The minimum Gasteiger partial charge on any atom is -0.507 e. The summed E-state index contributed by atoms with van der Waals surface area (Å²) in [6.07, 6.45) is 1.92. The zero-order chi connectivity index (χ0) is 17.2. The summed E-state index contributed by atoms with van der Waals surface area (Å²) in [5.41, 5.74) is 2.41. The maximum atomic E-state index is 13.6. The summed E-state index contributed by atoms with van der Waals surface area (Å²) in [4.78, 5) is 0. The van der Waals surface area contributed by atoms with E-state index in [0.29, 0.717) is 11.3 Å². The Bertz CT molecular complexity index is 1020. The number of aromatic nitrogens is 1. The van der Waals surface area contributed by atoms with Crippen molar-refractivity contribution in [2.24, 2.45) is 0 Å². The maximum absolute atomic E-state index is 13.6. The summed E-state index contributed by atoms with van der Waals surface area (Å²) < 4.78 is 21.3. The second kappa shape index (κ2) is 6.32. The molecular weight excluding hydrogens is 317 g/mol. The van der Waals surface area contributed by atoms with Gasteiger partial charge in [-0.2, -0.15) is 0 Å². The first-order valence-corrected chi connectivity index (χ1v) is 7.98. The third kappa shape index (κ3) is 2.94. The van der Waals surface area contributed by atoms with Crippen LogP contribution in [0.4, 0.5) is 4.39 Å². The Morgan fingerprint density at radius 3 is 2.48 bits per heavy atom. The first-order chi connectivity index (χ1) is 12.2. The average molecular weight is 333 g/mol. The number of phenols is 1. The number of benzene rings is 3. The number of ether oxygens (including phenoxy) is 1. The lowest BCUT2D eigenvalue weighted by atomic mass is 10.2. The van der Waals surface area contributed by atoms with Crippen LogP contribution in [0, 0.1) is 5.82 Å². The predicted octanol–water partition coefficient (Wildman–Crippen LogP) is 5.05. The molecule has 0 fully saturated rings. The van der Waals surface area contributed by atoms with Crippen LogP contribution in [0.25, 0.3) is 16.6 Å². The molecule has 25 heavy (non-hydrogen) atoms. The molecule has 0 spiro atoms. The third-order valence-electron chi connectivity index (χ3n) is 4.18. The molecule has 0 aliphatic heterocycles. The Morgan fingerprint density at radius 1 is 0.880 bits per heavy atom. The van der Waals surface area contributed by atoms with Gasteiger partial charge in [-0.3, -0.25) is 0 Å². The lowest BCUT2D eigenvalue weighted by molar-refractivity contribution is 0.300. The van der Waals surface area contributed by atoms with Gasteiger partial charge >= 0.3 is 0 Å². The monoisotopic (exact) mass is 333 g/mol. The SMILES string of the molecule is Oc1cccc2c1ccn2-c1ccc(OCc2ccccc2F)cc1. The first kappa shape index (κ1) is 15.3. The van der Waals surface area contributed by atoms with Gasteiger partial charge in [0.1, 0.15) is 23.9 Å². The fraction of sp³-hybridized carbons (Fsp3) is 0.0476. The van der Waals surface area contributed by atoms with Crippen LogP contribution in [-0.4, -0.2) is 9.67 Å². The minimum atomic E-state index is -0.266. The standard InChI is InChI=1S/C21H16FNO2/c22-19-5-2-1-4-15(19)14-25-17-10-8-16(9-11-17)23-13-12-18-20(23)6-3-7-21(18)24/h1-13,24H,14H2. The summed E-state index contributed by atoms with van der Waals surface area (Å²) in [6, 6.07) is 21.5. The van der Waals surface area contributed by atoms with Gasteiger partial charge in [0.25, 0.3) is 0 Å². The van der Waals surface area contributed by atoms with Crippen molar-refractivity contribution in [2.45, 2.75) is 6.61 Å². The highest BCUT2D eigenvalue weighted by Crippen LogP contribution is 2.28. The van der Waals surface area contributed by atoms with Gasteiger partial charge in [-0.1, -0.05) is 24.3 Å². The van der Waals surface area contributed by atoms with Crippen LogP contribution in [0.5, 0.6) is 11.5 Å². The maximum Gasteiger partial charge on any atom is 0.129 e. The van der Waals surface area contributed by atoms with E-state index >= 15 is 0 Å². The molecule has 0 amide bonds. The van der Waals surface area contributed by atoms with Crippen LogP contribution in [0.2, 0.25) is 0 Å². The molecular formula is C21H16FNO2. The van der Waals surface area contributed by atoms with Crippen molar-refractivity contribution in [3.63, 3.8) is 0 Å². The van der Waals surface area contributed by atoms with Crippen LogP contribution in [0.3, 0.4) is 0 Å². The fourth-order valence-corrected chi connectivity index (χ4v) is 2.86. The van der Waals surface area contributed by atoms with Crippen LogP contribution in [-0.2, 0) is 6.61 Å². The Hall–Kier alpha value is -3.27. The topological polar surface area (TPSA) is 34.4 Å². The lowest BCUT2D eigenvalue weighted by Gasteiger charge is -2.09. The van der Waals surface area contributed by atoms with Gasteiger partial charge < -0.3 is 14.4 Å². The Labute approximate surface area is 144 Å². The third-order valence-corrected chi connectivity index (χ3v) is 4.18. The molecule has 0 radical (unpaired) electrons. The number of rotatable bonds is 4. The fourth-order valence-electron chi connectivity index (χ4n) is 2.86. The van der Waals surface area contributed by atoms with Gasteiger partial charge in [0.2, 0.25) is 0 Å². The molecule has 0 unspecified atom stereocenters. The van der Waals surface area contributed by atoms with E-state index in [4.69, 9.17) is 4.74 Å². The number of fused-ring (bicyclic) bond motifs is 1. The zero-order valence-electron chi connectivity index (χ0n) is 13.4. The Balaban J connectivity index is 1.55. The molecule has 1 N–H and O–H groups in total. The van der Waals surface area contributed by atoms with Crippen LogP contribution >= 0.6 is 0 Å².